The molecule has 4 heterocycles. The Morgan fingerprint density at radius 1 is 1.28 bits per heavy atom. The van der Waals surface area contributed by atoms with Gasteiger partial charge in [0.2, 0.25) is 0 Å². The van der Waals surface area contributed by atoms with Gasteiger partial charge in [0.05, 0.1) is 24.8 Å². The Bertz CT molecular complexity index is 764. The van der Waals surface area contributed by atoms with Gasteiger partial charge in [0, 0.05) is 30.1 Å². The summed E-state index contributed by atoms with van der Waals surface area (Å²) < 4.78 is 5.34. The summed E-state index contributed by atoms with van der Waals surface area (Å²) in [6, 6.07) is 7.80. The van der Waals surface area contributed by atoms with E-state index in [9.17, 15) is 10.2 Å². The third kappa shape index (κ3) is 2.90. The minimum Gasteiger partial charge on any atom is -0.497 e. The van der Waals surface area contributed by atoms with Crippen molar-refractivity contribution in [2.24, 2.45) is 11.8 Å². The van der Waals surface area contributed by atoms with Crippen LogP contribution in [0, 0.1) is 11.8 Å². The maximum Gasteiger partial charge on any atom is 0.119 e. The molecule has 134 valence electrons. The Labute approximate surface area is 148 Å². The second-order valence-corrected chi connectivity index (χ2v) is 7.48. The van der Waals surface area contributed by atoms with Gasteiger partial charge < -0.3 is 14.9 Å². The lowest BCUT2D eigenvalue weighted by Crippen LogP contribution is -2.57. The van der Waals surface area contributed by atoms with Crippen LogP contribution in [0.2, 0.25) is 0 Å². The number of fused-ring (bicyclic) bond motifs is 4. The molecule has 3 aliphatic heterocycles. The molecule has 6 atom stereocenters. The summed E-state index contributed by atoms with van der Waals surface area (Å²) in [5, 5.41) is 22.2. The number of aliphatic hydroxyl groups excluding tert-OH is 2. The SMILES string of the molecule is COc1ccc2nccc([C@@H](O)[C@@H]3C[C@H]4CCN3C[C@@H]4C(C)O)c2c1. The maximum absolute atomic E-state index is 11.2. The largest absolute Gasteiger partial charge is 0.497 e. The van der Waals surface area contributed by atoms with Crippen LogP contribution < -0.4 is 4.74 Å². The first-order chi connectivity index (χ1) is 12.1. The van der Waals surface area contributed by atoms with Crippen molar-refractivity contribution in [1.82, 2.24) is 9.88 Å². The molecule has 0 aliphatic carbocycles. The first kappa shape index (κ1) is 16.8. The Hall–Kier alpha value is -1.69. The van der Waals surface area contributed by atoms with Crippen molar-refractivity contribution in [3.05, 3.63) is 36.0 Å². The van der Waals surface area contributed by atoms with E-state index in [1.54, 1.807) is 13.3 Å². The predicted molar refractivity (Wildman–Crippen MR) is 96.5 cm³/mol. The van der Waals surface area contributed by atoms with Gasteiger partial charge in [0.25, 0.3) is 0 Å². The summed E-state index contributed by atoms with van der Waals surface area (Å²) in [6.45, 7) is 3.76. The molecule has 2 aromatic rings. The van der Waals surface area contributed by atoms with Crippen LogP contribution >= 0.6 is 0 Å². The summed E-state index contributed by atoms with van der Waals surface area (Å²) >= 11 is 0. The van der Waals surface area contributed by atoms with Crippen molar-refractivity contribution >= 4 is 10.9 Å². The van der Waals surface area contributed by atoms with Gasteiger partial charge in [0.15, 0.2) is 0 Å². The molecule has 1 aromatic heterocycles. The monoisotopic (exact) mass is 342 g/mol. The number of benzene rings is 1. The molecule has 0 saturated carbocycles. The summed E-state index contributed by atoms with van der Waals surface area (Å²) in [4.78, 5) is 6.77. The first-order valence-corrected chi connectivity index (χ1v) is 9.11. The van der Waals surface area contributed by atoms with Crippen LogP contribution in [0.1, 0.15) is 31.4 Å². The topological polar surface area (TPSA) is 65.8 Å². The zero-order valence-electron chi connectivity index (χ0n) is 14.8. The molecule has 2 unspecified atom stereocenters. The van der Waals surface area contributed by atoms with E-state index >= 15 is 0 Å². The van der Waals surface area contributed by atoms with Crippen LogP contribution in [0.3, 0.4) is 0 Å². The van der Waals surface area contributed by atoms with Crippen LogP contribution in [-0.4, -0.2) is 52.4 Å². The Morgan fingerprint density at radius 3 is 2.80 bits per heavy atom. The smallest absolute Gasteiger partial charge is 0.119 e. The van der Waals surface area contributed by atoms with Crippen molar-refractivity contribution in [1.29, 1.82) is 0 Å². The quantitative estimate of drug-likeness (QED) is 0.893. The van der Waals surface area contributed by atoms with Gasteiger partial charge in [-0.1, -0.05) is 0 Å². The highest BCUT2D eigenvalue weighted by Crippen LogP contribution is 2.42. The van der Waals surface area contributed by atoms with Crippen LogP contribution in [0.4, 0.5) is 0 Å². The second kappa shape index (κ2) is 6.56. The minimum absolute atomic E-state index is 0.102. The summed E-state index contributed by atoms with van der Waals surface area (Å²) in [5.74, 6) is 1.59. The summed E-state index contributed by atoms with van der Waals surface area (Å²) in [7, 11) is 1.65. The number of aliphatic hydroxyl groups is 2. The van der Waals surface area contributed by atoms with E-state index in [1.165, 1.54) is 0 Å². The van der Waals surface area contributed by atoms with Crippen LogP contribution in [0.15, 0.2) is 30.5 Å². The number of nitrogens with zero attached hydrogens (tertiary/aromatic N) is 2. The van der Waals surface area contributed by atoms with Crippen molar-refractivity contribution in [2.75, 3.05) is 20.2 Å². The fourth-order valence-corrected chi connectivity index (χ4v) is 4.72. The van der Waals surface area contributed by atoms with Crippen molar-refractivity contribution in [3.63, 3.8) is 0 Å². The van der Waals surface area contributed by atoms with Crippen molar-refractivity contribution < 1.29 is 14.9 Å². The molecule has 0 radical (unpaired) electrons. The van der Waals surface area contributed by atoms with Gasteiger partial charge in [-0.05, 0) is 62.1 Å². The molecule has 3 saturated heterocycles. The lowest BCUT2D eigenvalue weighted by molar-refractivity contribution is -0.0844. The molecule has 0 amide bonds. The fourth-order valence-electron chi connectivity index (χ4n) is 4.72. The molecular weight excluding hydrogens is 316 g/mol. The van der Waals surface area contributed by atoms with E-state index in [4.69, 9.17) is 4.74 Å². The van der Waals surface area contributed by atoms with E-state index < -0.39 is 6.10 Å². The second-order valence-electron chi connectivity index (χ2n) is 7.48. The van der Waals surface area contributed by atoms with Gasteiger partial charge in [0.1, 0.15) is 5.75 Å². The van der Waals surface area contributed by atoms with E-state index in [0.717, 1.165) is 48.1 Å². The van der Waals surface area contributed by atoms with Gasteiger partial charge in [-0.15, -0.1) is 0 Å². The highest BCUT2D eigenvalue weighted by Gasteiger charge is 2.44. The number of hydrogen-bond donors (Lipinski definition) is 2. The van der Waals surface area contributed by atoms with Gasteiger partial charge in [-0.25, -0.2) is 0 Å². The maximum atomic E-state index is 11.2. The lowest BCUT2D eigenvalue weighted by Gasteiger charge is -2.52. The van der Waals surface area contributed by atoms with E-state index in [-0.39, 0.29) is 12.1 Å². The van der Waals surface area contributed by atoms with Crippen molar-refractivity contribution in [2.45, 2.75) is 38.0 Å². The molecule has 25 heavy (non-hydrogen) atoms. The predicted octanol–water partition coefficient (Wildman–Crippen LogP) is 2.37. The normalized spacial score (nSPS) is 31.0. The molecule has 2 N–H and O–H groups in total. The molecule has 1 aromatic carbocycles. The number of hydrogen-bond acceptors (Lipinski definition) is 5. The Balaban J connectivity index is 1.66. The fraction of sp³-hybridized carbons (Fsp3) is 0.550. The number of aromatic nitrogens is 1. The Kier molecular flexibility index (Phi) is 4.40. The summed E-state index contributed by atoms with van der Waals surface area (Å²) in [6.07, 6.45) is 2.98. The highest BCUT2D eigenvalue weighted by molar-refractivity contribution is 5.83. The Morgan fingerprint density at radius 2 is 2.12 bits per heavy atom. The summed E-state index contributed by atoms with van der Waals surface area (Å²) in [5.41, 5.74) is 1.78. The number of methoxy groups -OCH3 is 1. The highest BCUT2D eigenvalue weighted by atomic mass is 16.5. The zero-order valence-corrected chi connectivity index (χ0v) is 14.8. The average Bonchev–Trinajstić information content (AvgIpc) is 2.66. The molecular formula is C20H26N2O3. The number of rotatable bonds is 4. The van der Waals surface area contributed by atoms with E-state index in [0.29, 0.717) is 11.8 Å². The number of ether oxygens (including phenoxy) is 1. The van der Waals surface area contributed by atoms with E-state index in [1.807, 2.05) is 31.2 Å². The van der Waals surface area contributed by atoms with Crippen LogP contribution in [0.5, 0.6) is 5.75 Å². The third-order valence-electron chi connectivity index (χ3n) is 6.14. The molecule has 5 rings (SSSR count). The van der Waals surface area contributed by atoms with Crippen LogP contribution in [0.25, 0.3) is 10.9 Å². The molecule has 3 fully saturated rings. The van der Waals surface area contributed by atoms with Gasteiger partial charge >= 0.3 is 0 Å². The number of piperidine rings is 3. The average molecular weight is 342 g/mol. The molecule has 0 spiro atoms. The standard InChI is InChI=1S/C20H26N2O3/c1-12(23)17-11-22-8-6-13(17)9-19(22)20(24)15-5-7-21-18-4-3-14(25-2)10-16(15)18/h3-5,7,10,12-13,17,19-20,23-24H,6,8-9,11H2,1-2H3/t12?,13-,17-,19+,20-/m1/s1. The minimum atomic E-state index is -0.560. The van der Waals surface area contributed by atoms with Gasteiger partial charge in [-0.3, -0.25) is 9.88 Å². The zero-order chi connectivity index (χ0) is 17.6. The molecule has 5 nitrogen and oxygen atoms in total. The number of pyridine rings is 1. The first-order valence-electron chi connectivity index (χ1n) is 9.11. The third-order valence-corrected chi connectivity index (χ3v) is 6.14. The van der Waals surface area contributed by atoms with Crippen molar-refractivity contribution in [3.8, 4) is 5.75 Å². The molecule has 5 heteroatoms. The molecule has 2 bridgehead atoms. The lowest BCUT2D eigenvalue weighted by atomic mass is 9.72. The van der Waals surface area contributed by atoms with Gasteiger partial charge in [-0.2, -0.15) is 0 Å². The molecule has 3 aliphatic rings. The van der Waals surface area contributed by atoms with E-state index in [2.05, 4.69) is 9.88 Å². The van der Waals surface area contributed by atoms with Crippen LogP contribution in [-0.2, 0) is 0 Å².